The van der Waals surface area contributed by atoms with Crippen molar-refractivity contribution in [2.45, 2.75) is 32.5 Å². The number of hydrogen-bond donors (Lipinski definition) is 1. The summed E-state index contributed by atoms with van der Waals surface area (Å²) in [6.07, 6.45) is -4.41. The van der Waals surface area contributed by atoms with Gasteiger partial charge in [-0.05, 0) is 36.2 Å². The van der Waals surface area contributed by atoms with E-state index in [1.54, 1.807) is 17.7 Å². The molecule has 1 aromatic heterocycles. The monoisotopic (exact) mass is 361 g/mol. The predicted molar refractivity (Wildman–Crippen MR) is 91.0 cm³/mol. The molecule has 0 radical (unpaired) electrons. The van der Waals surface area contributed by atoms with E-state index in [0.29, 0.717) is 11.4 Å². The van der Waals surface area contributed by atoms with Gasteiger partial charge in [-0.1, -0.05) is 37.3 Å². The third kappa shape index (κ3) is 3.62. The van der Waals surface area contributed by atoms with Crippen LogP contribution in [0.2, 0.25) is 0 Å². The number of aliphatic hydroxyl groups is 1. The Balaban J connectivity index is 2.08. The fraction of sp³-hybridized carbons (Fsp3) is 0.263. The van der Waals surface area contributed by atoms with E-state index in [9.17, 15) is 18.3 Å². The summed E-state index contributed by atoms with van der Waals surface area (Å²) in [7, 11) is 0. The molecule has 0 fully saturated rings. The third-order valence-electron chi connectivity index (χ3n) is 4.16. The Morgan fingerprint density at radius 3 is 2.50 bits per heavy atom. The zero-order chi connectivity index (χ0) is 18.9. The molecule has 0 aliphatic rings. The lowest BCUT2D eigenvalue weighted by Crippen LogP contribution is -2.10. The van der Waals surface area contributed by atoms with E-state index in [4.69, 9.17) is 0 Å². The molecular weight excluding hydrogens is 343 g/mol. The second kappa shape index (κ2) is 6.92. The molecule has 0 saturated carbocycles. The van der Waals surface area contributed by atoms with Crippen LogP contribution in [0.5, 0.6) is 0 Å². The third-order valence-corrected chi connectivity index (χ3v) is 4.16. The average molecular weight is 361 g/mol. The van der Waals surface area contributed by atoms with E-state index in [1.165, 1.54) is 6.07 Å². The molecule has 1 N–H and O–H groups in total. The molecule has 2 aromatic carbocycles. The molecule has 0 saturated heterocycles. The minimum Gasteiger partial charge on any atom is -0.388 e. The second-order valence-corrected chi connectivity index (χ2v) is 6.14. The molecule has 3 aromatic rings. The van der Waals surface area contributed by atoms with Gasteiger partial charge in [0.1, 0.15) is 12.4 Å². The van der Waals surface area contributed by atoms with E-state index in [-0.39, 0.29) is 12.4 Å². The minimum atomic E-state index is -4.41. The smallest absolute Gasteiger partial charge is 0.388 e. The standard InChI is InChI=1S/C19H18F3N3O/c1-12-5-3-8-16(9-12)25-18(23-17(11-26)24-25)13(2)14-6-4-7-15(10-14)19(20,21)22/h3-10,13,26H,11H2,1-2H3. The molecule has 0 amide bonds. The number of rotatable bonds is 4. The highest BCUT2D eigenvalue weighted by atomic mass is 19.4. The molecule has 7 heteroatoms. The van der Waals surface area contributed by atoms with Gasteiger partial charge >= 0.3 is 6.18 Å². The summed E-state index contributed by atoms with van der Waals surface area (Å²) in [4.78, 5) is 4.32. The highest BCUT2D eigenvalue weighted by Gasteiger charge is 2.31. The highest BCUT2D eigenvalue weighted by molar-refractivity contribution is 5.38. The van der Waals surface area contributed by atoms with Gasteiger partial charge in [-0.25, -0.2) is 9.67 Å². The van der Waals surface area contributed by atoms with Gasteiger partial charge in [-0.2, -0.15) is 13.2 Å². The maximum absolute atomic E-state index is 13.0. The van der Waals surface area contributed by atoms with Gasteiger partial charge in [0.25, 0.3) is 0 Å². The van der Waals surface area contributed by atoms with Crippen LogP contribution in [-0.4, -0.2) is 19.9 Å². The number of aromatic nitrogens is 3. The first-order valence-electron chi connectivity index (χ1n) is 8.10. The van der Waals surface area contributed by atoms with E-state index in [2.05, 4.69) is 10.1 Å². The van der Waals surface area contributed by atoms with Gasteiger partial charge in [0, 0.05) is 5.92 Å². The van der Waals surface area contributed by atoms with Crippen LogP contribution >= 0.6 is 0 Å². The average Bonchev–Trinajstić information content (AvgIpc) is 3.05. The molecular formula is C19H18F3N3O. The van der Waals surface area contributed by atoms with Gasteiger partial charge in [-0.3, -0.25) is 0 Å². The van der Waals surface area contributed by atoms with Gasteiger partial charge in [-0.15, -0.1) is 5.10 Å². The Kier molecular flexibility index (Phi) is 4.82. The van der Waals surface area contributed by atoms with Crippen molar-refractivity contribution in [1.29, 1.82) is 0 Å². The molecule has 0 aliphatic heterocycles. The lowest BCUT2D eigenvalue weighted by atomic mass is 9.98. The SMILES string of the molecule is Cc1cccc(-n2nc(CO)nc2C(C)c2cccc(C(F)(F)F)c2)c1. The zero-order valence-corrected chi connectivity index (χ0v) is 14.3. The van der Waals surface area contributed by atoms with Gasteiger partial charge in [0.05, 0.1) is 11.3 Å². The fourth-order valence-electron chi connectivity index (χ4n) is 2.80. The molecule has 0 spiro atoms. The summed E-state index contributed by atoms with van der Waals surface area (Å²) >= 11 is 0. The lowest BCUT2D eigenvalue weighted by molar-refractivity contribution is -0.137. The molecule has 0 bridgehead atoms. The Morgan fingerprint density at radius 1 is 1.12 bits per heavy atom. The molecule has 3 rings (SSSR count). The van der Waals surface area contributed by atoms with Crippen LogP contribution in [0.25, 0.3) is 5.69 Å². The Labute approximate surface area is 148 Å². The number of halogens is 3. The van der Waals surface area contributed by atoms with E-state index in [1.807, 2.05) is 31.2 Å². The van der Waals surface area contributed by atoms with Crippen LogP contribution < -0.4 is 0 Å². The molecule has 0 aliphatic carbocycles. The summed E-state index contributed by atoms with van der Waals surface area (Å²) in [5.41, 5.74) is 1.53. The first kappa shape index (κ1) is 18.1. The van der Waals surface area contributed by atoms with Crippen molar-refractivity contribution in [3.63, 3.8) is 0 Å². The summed E-state index contributed by atoms with van der Waals surface area (Å²) in [6, 6.07) is 12.7. The van der Waals surface area contributed by atoms with Crippen LogP contribution in [0.3, 0.4) is 0 Å². The van der Waals surface area contributed by atoms with Crippen molar-refractivity contribution in [2.75, 3.05) is 0 Å². The number of aryl methyl sites for hydroxylation is 1. The Hall–Kier alpha value is -2.67. The van der Waals surface area contributed by atoms with Gasteiger partial charge in [0.15, 0.2) is 5.82 Å². The molecule has 136 valence electrons. The van der Waals surface area contributed by atoms with Crippen molar-refractivity contribution < 1.29 is 18.3 Å². The number of alkyl halides is 3. The normalized spacial score (nSPS) is 13.0. The molecule has 26 heavy (non-hydrogen) atoms. The van der Waals surface area contributed by atoms with Crippen molar-refractivity contribution in [3.8, 4) is 5.69 Å². The van der Waals surface area contributed by atoms with Crippen molar-refractivity contribution in [2.24, 2.45) is 0 Å². The Bertz CT molecular complexity index is 918. The highest BCUT2D eigenvalue weighted by Crippen LogP contribution is 2.33. The quantitative estimate of drug-likeness (QED) is 0.756. The number of nitrogens with zero attached hydrogens (tertiary/aromatic N) is 3. The maximum Gasteiger partial charge on any atom is 0.416 e. The van der Waals surface area contributed by atoms with Crippen LogP contribution in [0.4, 0.5) is 13.2 Å². The largest absolute Gasteiger partial charge is 0.416 e. The van der Waals surface area contributed by atoms with E-state index in [0.717, 1.165) is 23.4 Å². The molecule has 1 atom stereocenters. The van der Waals surface area contributed by atoms with Crippen LogP contribution in [0.1, 0.15) is 41.2 Å². The van der Waals surface area contributed by atoms with Crippen LogP contribution in [0.15, 0.2) is 48.5 Å². The maximum atomic E-state index is 13.0. The van der Waals surface area contributed by atoms with Crippen molar-refractivity contribution in [3.05, 3.63) is 76.9 Å². The number of hydrogen-bond acceptors (Lipinski definition) is 3. The first-order valence-corrected chi connectivity index (χ1v) is 8.10. The predicted octanol–water partition coefficient (Wildman–Crippen LogP) is 4.24. The lowest BCUT2D eigenvalue weighted by Gasteiger charge is -2.15. The summed E-state index contributed by atoms with van der Waals surface area (Å²) in [5.74, 6) is 0.255. The zero-order valence-electron chi connectivity index (χ0n) is 14.3. The summed E-state index contributed by atoms with van der Waals surface area (Å²) in [5, 5.41) is 13.7. The topological polar surface area (TPSA) is 50.9 Å². The van der Waals surface area contributed by atoms with E-state index >= 15 is 0 Å². The number of aliphatic hydroxyl groups excluding tert-OH is 1. The van der Waals surface area contributed by atoms with E-state index < -0.39 is 17.7 Å². The Morgan fingerprint density at radius 2 is 1.85 bits per heavy atom. The van der Waals surface area contributed by atoms with Gasteiger partial charge in [0.2, 0.25) is 0 Å². The van der Waals surface area contributed by atoms with Gasteiger partial charge < -0.3 is 5.11 Å². The molecule has 1 heterocycles. The molecule has 4 nitrogen and oxygen atoms in total. The second-order valence-electron chi connectivity index (χ2n) is 6.14. The van der Waals surface area contributed by atoms with Crippen LogP contribution in [-0.2, 0) is 12.8 Å². The minimum absolute atomic E-state index is 0.223. The van der Waals surface area contributed by atoms with Crippen molar-refractivity contribution in [1.82, 2.24) is 14.8 Å². The fourth-order valence-corrected chi connectivity index (χ4v) is 2.80. The van der Waals surface area contributed by atoms with Crippen molar-refractivity contribution >= 4 is 0 Å². The summed E-state index contributed by atoms with van der Waals surface area (Å²) < 4.78 is 40.6. The van der Waals surface area contributed by atoms with Crippen LogP contribution in [0, 0.1) is 6.92 Å². The number of benzene rings is 2. The first-order chi connectivity index (χ1) is 12.3. The summed E-state index contributed by atoms with van der Waals surface area (Å²) in [6.45, 7) is 3.36. The molecule has 1 unspecified atom stereocenters.